The van der Waals surface area contributed by atoms with Gasteiger partial charge in [-0.1, -0.05) is 6.07 Å². The van der Waals surface area contributed by atoms with Gasteiger partial charge in [0.25, 0.3) is 0 Å². The van der Waals surface area contributed by atoms with Gasteiger partial charge >= 0.3 is 0 Å². The molecule has 1 N–H and O–H groups in total. The second-order valence-electron chi connectivity index (χ2n) is 4.95. The Morgan fingerprint density at radius 3 is 2.67 bits per heavy atom. The predicted molar refractivity (Wildman–Crippen MR) is 82.2 cm³/mol. The minimum Gasteiger partial charge on any atom is -0.329 e. The number of allylic oxidation sites excluding steroid dienone is 1. The summed E-state index contributed by atoms with van der Waals surface area (Å²) >= 11 is 5.23. The number of nitrogens with zero attached hydrogens (tertiary/aromatic N) is 1. The molecule has 21 heavy (non-hydrogen) atoms. The van der Waals surface area contributed by atoms with E-state index in [0.29, 0.717) is 15.8 Å². The molecule has 0 bridgehead atoms. The number of aromatic amines is 1. The van der Waals surface area contributed by atoms with Gasteiger partial charge in [-0.2, -0.15) is 0 Å². The van der Waals surface area contributed by atoms with Crippen LogP contribution in [-0.2, 0) is 19.7 Å². The fraction of sp³-hybridized carbons (Fsp3) is 0.250. The molecule has 9 heteroatoms. The normalized spacial score (nSPS) is 21.1. The summed E-state index contributed by atoms with van der Waals surface area (Å²) in [4.78, 5) is 3.02. The largest absolute Gasteiger partial charge is 0.329 e. The molecule has 1 aliphatic heterocycles. The lowest BCUT2D eigenvalue weighted by atomic mass is 10.3. The van der Waals surface area contributed by atoms with Crippen molar-refractivity contribution in [3.8, 4) is 0 Å². The van der Waals surface area contributed by atoms with E-state index in [2.05, 4.69) is 4.98 Å². The van der Waals surface area contributed by atoms with Crippen molar-refractivity contribution in [2.24, 2.45) is 0 Å². The molecule has 1 aliphatic rings. The molecule has 0 aliphatic carbocycles. The quantitative estimate of drug-likeness (QED) is 0.836. The lowest BCUT2D eigenvalue weighted by Crippen LogP contribution is -2.11. The Balaban J connectivity index is 2.30. The van der Waals surface area contributed by atoms with Crippen LogP contribution in [-0.4, -0.2) is 38.4 Å². The van der Waals surface area contributed by atoms with Gasteiger partial charge in [0.15, 0.2) is 24.4 Å². The van der Waals surface area contributed by atoms with Crippen molar-refractivity contribution in [3.05, 3.63) is 34.5 Å². The number of benzene rings is 1. The molecule has 1 aromatic heterocycles. The zero-order valence-electron chi connectivity index (χ0n) is 11.0. The Labute approximate surface area is 126 Å². The maximum absolute atomic E-state index is 11.8. The molecule has 0 radical (unpaired) electrons. The molecule has 3 rings (SSSR count). The van der Waals surface area contributed by atoms with E-state index in [1.54, 1.807) is 22.8 Å². The predicted octanol–water partition coefficient (Wildman–Crippen LogP) is 1.59. The molecule has 0 spiro atoms. The standard InChI is InChI=1S/C12H12N2O4S3/c1-20(15,16)10-4-2-3-9-11(10)13-12(19)14(9)8-5-6-21(17,18)7-8/h2-6,8H,7H2,1H3,(H,13,19). The highest BCUT2D eigenvalue weighted by Gasteiger charge is 2.26. The maximum atomic E-state index is 11.8. The van der Waals surface area contributed by atoms with Gasteiger partial charge in [0.1, 0.15) is 0 Å². The third-order valence-electron chi connectivity index (χ3n) is 3.36. The number of fused-ring (bicyclic) bond motifs is 1. The molecule has 2 heterocycles. The second kappa shape index (κ2) is 4.52. The number of H-pyrrole nitrogens is 1. The fourth-order valence-corrected chi connectivity index (χ4v) is 4.94. The number of hydrogen-bond donors (Lipinski definition) is 1. The number of sulfone groups is 2. The number of imidazole rings is 1. The van der Waals surface area contributed by atoms with E-state index in [9.17, 15) is 16.8 Å². The summed E-state index contributed by atoms with van der Waals surface area (Å²) in [5, 5.41) is 1.17. The molecule has 6 nitrogen and oxygen atoms in total. The molecular formula is C12H12N2O4S3. The number of hydrogen-bond acceptors (Lipinski definition) is 5. The molecule has 0 saturated carbocycles. The van der Waals surface area contributed by atoms with Crippen LogP contribution in [0, 0.1) is 4.77 Å². The van der Waals surface area contributed by atoms with Crippen molar-refractivity contribution >= 4 is 42.9 Å². The lowest BCUT2D eigenvalue weighted by Gasteiger charge is -2.10. The van der Waals surface area contributed by atoms with E-state index in [1.165, 1.54) is 11.5 Å². The van der Waals surface area contributed by atoms with Crippen LogP contribution in [0.15, 0.2) is 34.6 Å². The number of nitrogens with one attached hydrogen (secondary N) is 1. The smallest absolute Gasteiger partial charge is 0.178 e. The molecule has 2 aromatic rings. The second-order valence-corrected chi connectivity index (χ2v) is 9.25. The van der Waals surface area contributed by atoms with Crippen molar-refractivity contribution in [2.75, 3.05) is 12.0 Å². The van der Waals surface area contributed by atoms with Crippen LogP contribution in [0.3, 0.4) is 0 Å². The Morgan fingerprint density at radius 2 is 2.10 bits per heavy atom. The Kier molecular flexibility index (Phi) is 3.12. The zero-order chi connectivity index (χ0) is 15.4. The highest BCUT2D eigenvalue weighted by molar-refractivity contribution is 7.94. The SMILES string of the molecule is CS(=O)(=O)c1cccc2c1[nH]c(=S)n2C1C=CS(=O)(=O)C1. The van der Waals surface area contributed by atoms with Gasteiger partial charge in [-0.25, -0.2) is 16.8 Å². The van der Waals surface area contributed by atoms with Crippen LogP contribution >= 0.6 is 12.2 Å². The molecular weight excluding hydrogens is 332 g/mol. The minimum absolute atomic E-state index is 0.0721. The summed E-state index contributed by atoms with van der Waals surface area (Å²) in [5.41, 5.74) is 0.984. The Bertz CT molecular complexity index is 1030. The molecule has 1 unspecified atom stereocenters. The van der Waals surface area contributed by atoms with E-state index in [0.717, 1.165) is 6.26 Å². The van der Waals surface area contributed by atoms with Gasteiger partial charge in [-0.15, -0.1) is 0 Å². The molecule has 0 fully saturated rings. The van der Waals surface area contributed by atoms with Gasteiger partial charge in [0, 0.05) is 11.7 Å². The van der Waals surface area contributed by atoms with Gasteiger partial charge in [0.05, 0.1) is 27.7 Å². The molecule has 1 aromatic carbocycles. The number of rotatable bonds is 2. The summed E-state index contributed by atoms with van der Waals surface area (Å²) in [6.45, 7) is 0. The average molecular weight is 344 g/mol. The van der Waals surface area contributed by atoms with Crippen LogP contribution < -0.4 is 0 Å². The molecule has 1 atom stereocenters. The Morgan fingerprint density at radius 1 is 1.38 bits per heavy atom. The topological polar surface area (TPSA) is 89.0 Å². The van der Waals surface area contributed by atoms with E-state index in [4.69, 9.17) is 12.2 Å². The highest BCUT2D eigenvalue weighted by Crippen LogP contribution is 2.28. The van der Waals surface area contributed by atoms with Crippen molar-refractivity contribution < 1.29 is 16.8 Å². The maximum Gasteiger partial charge on any atom is 0.178 e. The van der Waals surface area contributed by atoms with E-state index in [-0.39, 0.29) is 10.6 Å². The molecule has 0 amide bonds. The first-order chi connectivity index (χ1) is 9.69. The summed E-state index contributed by atoms with van der Waals surface area (Å²) in [6.07, 6.45) is 2.68. The molecule has 112 valence electrons. The lowest BCUT2D eigenvalue weighted by molar-refractivity contribution is 0.594. The third-order valence-corrected chi connectivity index (χ3v) is 6.17. The summed E-state index contributed by atoms with van der Waals surface area (Å²) in [5.74, 6) is -0.0721. The third kappa shape index (κ3) is 2.45. The van der Waals surface area contributed by atoms with E-state index < -0.39 is 25.7 Å². The first-order valence-electron chi connectivity index (χ1n) is 6.03. The van der Waals surface area contributed by atoms with Crippen molar-refractivity contribution in [3.63, 3.8) is 0 Å². The average Bonchev–Trinajstić information content (AvgIpc) is 2.86. The van der Waals surface area contributed by atoms with E-state index in [1.807, 2.05) is 0 Å². The van der Waals surface area contributed by atoms with Crippen molar-refractivity contribution in [2.45, 2.75) is 10.9 Å². The first-order valence-corrected chi connectivity index (χ1v) is 10.0. The van der Waals surface area contributed by atoms with Gasteiger partial charge < -0.3 is 9.55 Å². The van der Waals surface area contributed by atoms with Crippen LogP contribution in [0.5, 0.6) is 0 Å². The fourth-order valence-electron chi connectivity index (χ4n) is 2.48. The molecule has 0 saturated heterocycles. The Hall–Kier alpha value is -1.45. The first kappa shape index (κ1) is 14.5. The summed E-state index contributed by atoms with van der Waals surface area (Å²) < 4.78 is 48.7. The number of aromatic nitrogens is 2. The summed E-state index contributed by atoms with van der Waals surface area (Å²) in [7, 11) is -6.63. The van der Waals surface area contributed by atoms with Crippen LogP contribution in [0.25, 0.3) is 11.0 Å². The highest BCUT2D eigenvalue weighted by atomic mass is 32.2. The van der Waals surface area contributed by atoms with Gasteiger partial charge in [-0.3, -0.25) is 0 Å². The van der Waals surface area contributed by atoms with Crippen LogP contribution in [0.2, 0.25) is 0 Å². The van der Waals surface area contributed by atoms with Crippen LogP contribution in [0.1, 0.15) is 6.04 Å². The summed E-state index contributed by atoms with van der Waals surface area (Å²) in [6, 6.07) is 4.40. The number of para-hydroxylation sites is 1. The van der Waals surface area contributed by atoms with Gasteiger partial charge in [0.2, 0.25) is 0 Å². The monoisotopic (exact) mass is 344 g/mol. The minimum atomic E-state index is -3.41. The van der Waals surface area contributed by atoms with Crippen molar-refractivity contribution in [1.82, 2.24) is 9.55 Å². The van der Waals surface area contributed by atoms with Crippen LogP contribution in [0.4, 0.5) is 0 Å². The van der Waals surface area contributed by atoms with Gasteiger partial charge in [-0.05, 0) is 30.4 Å². The van der Waals surface area contributed by atoms with Crippen molar-refractivity contribution in [1.29, 1.82) is 0 Å². The zero-order valence-corrected chi connectivity index (χ0v) is 13.4. The van der Waals surface area contributed by atoms with E-state index >= 15 is 0 Å².